The first-order valence-electron chi connectivity index (χ1n) is 11.7. The van der Waals surface area contributed by atoms with E-state index in [1.165, 1.54) is 19.3 Å². The number of para-hydroxylation sites is 1. The van der Waals surface area contributed by atoms with E-state index >= 15 is 0 Å². The van der Waals surface area contributed by atoms with Gasteiger partial charge in [-0.1, -0.05) is 41.8 Å². The fraction of sp³-hybridized carbons (Fsp3) is 0.385. The number of carbonyl (C=O) groups excluding carboxylic acids is 1. The Labute approximate surface area is 220 Å². The van der Waals surface area contributed by atoms with E-state index in [0.29, 0.717) is 33.3 Å². The molecule has 0 spiro atoms. The highest BCUT2D eigenvalue weighted by atomic mass is 35.5. The van der Waals surface area contributed by atoms with Gasteiger partial charge in [-0.3, -0.25) is 10.2 Å². The van der Waals surface area contributed by atoms with Crippen LogP contribution in [0, 0.1) is 11.8 Å². The maximum absolute atomic E-state index is 13.6. The summed E-state index contributed by atoms with van der Waals surface area (Å²) in [6.45, 7) is 5.72. The number of rotatable bonds is 3. The van der Waals surface area contributed by atoms with Gasteiger partial charge in [0.2, 0.25) is 0 Å². The number of nitrogens with zero attached hydrogens (tertiary/aromatic N) is 3. The van der Waals surface area contributed by atoms with Gasteiger partial charge in [0.25, 0.3) is 5.91 Å². The fourth-order valence-corrected chi connectivity index (χ4v) is 6.31. The standard InChI is InChI=1S/C26H26Cl2N4O2.ClH/c1-26(2)22-23(25(33)30-31-13-15-6-5-7-16(15)14-31)29-32(20-11-10-17(27)12-19(20)28)24(22)18-8-3-4-9-21(18)34-26;/h3-4,8-12,15-16H,5-7,13-14H2,1-2H3,(H,30,33);1H. The minimum Gasteiger partial charge on any atom is -0.482 e. The summed E-state index contributed by atoms with van der Waals surface area (Å²) < 4.78 is 8.12. The molecule has 0 radical (unpaired) electrons. The molecule has 2 atom stereocenters. The van der Waals surface area contributed by atoms with Crippen molar-refractivity contribution in [3.8, 4) is 22.7 Å². The molecule has 2 fully saturated rings. The largest absolute Gasteiger partial charge is 0.482 e. The number of hydrogen-bond donors (Lipinski definition) is 1. The minimum absolute atomic E-state index is 0. The summed E-state index contributed by atoms with van der Waals surface area (Å²) in [6, 6.07) is 13.1. The van der Waals surface area contributed by atoms with Gasteiger partial charge in [0.15, 0.2) is 5.69 Å². The van der Waals surface area contributed by atoms with Crippen LogP contribution in [0.3, 0.4) is 0 Å². The lowest BCUT2D eigenvalue weighted by molar-refractivity contribution is 0.0779. The Bertz CT molecular complexity index is 1290. The monoisotopic (exact) mass is 532 g/mol. The lowest BCUT2D eigenvalue weighted by Gasteiger charge is -2.33. The van der Waals surface area contributed by atoms with Crippen molar-refractivity contribution >= 4 is 41.5 Å². The summed E-state index contributed by atoms with van der Waals surface area (Å²) >= 11 is 12.8. The smallest absolute Gasteiger partial charge is 0.286 e. The lowest BCUT2D eigenvalue weighted by atomic mass is 9.89. The Hall–Kier alpha value is -2.25. The fourth-order valence-electron chi connectivity index (χ4n) is 5.82. The van der Waals surface area contributed by atoms with E-state index in [0.717, 1.165) is 35.7 Å². The van der Waals surface area contributed by atoms with Crippen molar-refractivity contribution in [2.45, 2.75) is 38.7 Å². The molecule has 3 aromatic rings. The van der Waals surface area contributed by atoms with Gasteiger partial charge in [-0.15, -0.1) is 12.4 Å². The predicted octanol–water partition coefficient (Wildman–Crippen LogP) is 6.27. The van der Waals surface area contributed by atoms with Crippen molar-refractivity contribution in [1.29, 1.82) is 0 Å². The molecule has 1 aromatic heterocycles. The molecule has 1 saturated carbocycles. The summed E-state index contributed by atoms with van der Waals surface area (Å²) in [4.78, 5) is 13.6. The second-order valence-electron chi connectivity index (χ2n) is 9.99. The predicted molar refractivity (Wildman–Crippen MR) is 140 cm³/mol. The number of halogens is 3. The molecular weight excluding hydrogens is 507 g/mol. The molecule has 1 N–H and O–H groups in total. The third-order valence-corrected chi connectivity index (χ3v) is 7.87. The van der Waals surface area contributed by atoms with Crippen molar-refractivity contribution in [2.75, 3.05) is 13.1 Å². The van der Waals surface area contributed by atoms with Gasteiger partial charge in [0, 0.05) is 23.7 Å². The summed E-state index contributed by atoms with van der Waals surface area (Å²) in [5.74, 6) is 1.86. The average molecular weight is 534 g/mol. The van der Waals surface area contributed by atoms with E-state index in [4.69, 9.17) is 33.0 Å². The number of hydrazine groups is 1. The molecule has 1 amide bonds. The van der Waals surface area contributed by atoms with Gasteiger partial charge in [0.05, 0.1) is 22.0 Å². The number of aromatic nitrogens is 2. The van der Waals surface area contributed by atoms with E-state index in [1.807, 2.05) is 44.2 Å². The Morgan fingerprint density at radius 1 is 1.11 bits per heavy atom. The Morgan fingerprint density at radius 2 is 1.83 bits per heavy atom. The minimum atomic E-state index is -0.769. The van der Waals surface area contributed by atoms with E-state index in [2.05, 4.69) is 10.4 Å². The molecule has 184 valence electrons. The summed E-state index contributed by atoms with van der Waals surface area (Å²) in [6.07, 6.45) is 3.78. The molecule has 1 saturated heterocycles. The first kappa shape index (κ1) is 24.4. The van der Waals surface area contributed by atoms with Crippen LogP contribution in [0.25, 0.3) is 16.9 Å². The highest BCUT2D eigenvalue weighted by molar-refractivity contribution is 6.35. The molecule has 3 aliphatic rings. The molecule has 35 heavy (non-hydrogen) atoms. The van der Waals surface area contributed by atoms with Crippen LogP contribution < -0.4 is 10.2 Å². The number of benzene rings is 2. The lowest BCUT2D eigenvalue weighted by Crippen LogP contribution is -2.42. The van der Waals surface area contributed by atoms with Crippen LogP contribution in [0.4, 0.5) is 0 Å². The Morgan fingerprint density at radius 3 is 2.54 bits per heavy atom. The van der Waals surface area contributed by atoms with Crippen molar-refractivity contribution in [1.82, 2.24) is 20.2 Å². The molecular formula is C26H27Cl3N4O2. The zero-order chi connectivity index (χ0) is 23.6. The molecule has 1 aliphatic carbocycles. The highest BCUT2D eigenvalue weighted by Gasteiger charge is 2.42. The van der Waals surface area contributed by atoms with Crippen LogP contribution >= 0.6 is 35.6 Å². The van der Waals surface area contributed by atoms with Crippen LogP contribution in [0.5, 0.6) is 5.75 Å². The van der Waals surface area contributed by atoms with Crippen LogP contribution in [-0.2, 0) is 5.60 Å². The second kappa shape index (κ2) is 9.00. The third kappa shape index (κ3) is 4.10. The first-order valence-corrected chi connectivity index (χ1v) is 12.5. The van der Waals surface area contributed by atoms with Crippen molar-refractivity contribution in [3.63, 3.8) is 0 Å². The van der Waals surface area contributed by atoms with Crippen molar-refractivity contribution < 1.29 is 9.53 Å². The SMILES string of the molecule is CC1(C)Oc2ccccc2-c2c1c(C(=O)NN1CC3CCCC3C1)nn2-c1ccc(Cl)cc1Cl.Cl. The van der Waals surface area contributed by atoms with Gasteiger partial charge < -0.3 is 4.74 Å². The molecule has 2 aromatic carbocycles. The number of hydrogen-bond acceptors (Lipinski definition) is 4. The Kier molecular flexibility index (Phi) is 6.29. The molecule has 2 aliphatic heterocycles. The van der Waals surface area contributed by atoms with Gasteiger partial charge in [0.1, 0.15) is 11.4 Å². The summed E-state index contributed by atoms with van der Waals surface area (Å²) in [5, 5.41) is 7.89. The zero-order valence-corrected chi connectivity index (χ0v) is 21.9. The van der Waals surface area contributed by atoms with Gasteiger partial charge in [-0.05, 0) is 68.9 Å². The summed E-state index contributed by atoms with van der Waals surface area (Å²) in [5.41, 5.74) is 5.78. The second-order valence-corrected chi connectivity index (χ2v) is 10.8. The highest BCUT2D eigenvalue weighted by Crippen LogP contribution is 2.48. The van der Waals surface area contributed by atoms with Crippen molar-refractivity contribution in [2.24, 2.45) is 11.8 Å². The van der Waals surface area contributed by atoms with E-state index < -0.39 is 5.60 Å². The number of carbonyl (C=O) groups is 1. The van der Waals surface area contributed by atoms with Gasteiger partial charge in [-0.25, -0.2) is 9.69 Å². The van der Waals surface area contributed by atoms with E-state index in [1.54, 1.807) is 16.8 Å². The third-order valence-electron chi connectivity index (χ3n) is 7.33. The maximum atomic E-state index is 13.6. The quantitative estimate of drug-likeness (QED) is 0.431. The number of nitrogens with one attached hydrogen (secondary N) is 1. The van der Waals surface area contributed by atoms with Crippen LogP contribution in [0.15, 0.2) is 42.5 Å². The first-order chi connectivity index (χ1) is 16.3. The molecule has 6 nitrogen and oxygen atoms in total. The van der Waals surface area contributed by atoms with Crippen LogP contribution in [0.2, 0.25) is 10.0 Å². The average Bonchev–Trinajstić information content (AvgIpc) is 3.47. The maximum Gasteiger partial charge on any atom is 0.286 e. The van der Waals surface area contributed by atoms with Gasteiger partial charge in [-0.2, -0.15) is 5.10 Å². The zero-order valence-electron chi connectivity index (χ0n) is 19.6. The molecule has 3 heterocycles. The van der Waals surface area contributed by atoms with Crippen molar-refractivity contribution in [3.05, 3.63) is 63.8 Å². The summed E-state index contributed by atoms with van der Waals surface area (Å²) in [7, 11) is 0. The Balaban J connectivity index is 0.00000253. The molecule has 0 bridgehead atoms. The normalized spacial score (nSPS) is 21.9. The molecule has 9 heteroatoms. The van der Waals surface area contributed by atoms with E-state index in [9.17, 15) is 4.79 Å². The van der Waals surface area contributed by atoms with Gasteiger partial charge >= 0.3 is 0 Å². The topological polar surface area (TPSA) is 59.4 Å². The van der Waals surface area contributed by atoms with Crippen LogP contribution in [0.1, 0.15) is 49.2 Å². The number of amides is 1. The molecule has 6 rings (SSSR count). The number of fused-ring (bicyclic) bond motifs is 4. The number of ether oxygens (including phenoxy) is 1. The van der Waals surface area contributed by atoms with Crippen LogP contribution in [-0.4, -0.2) is 33.8 Å². The molecule has 2 unspecified atom stereocenters. The van der Waals surface area contributed by atoms with E-state index in [-0.39, 0.29) is 18.3 Å².